The van der Waals surface area contributed by atoms with Gasteiger partial charge in [0.25, 0.3) is 0 Å². The molecule has 2 unspecified atom stereocenters. The molecule has 4 heteroatoms. The summed E-state index contributed by atoms with van der Waals surface area (Å²) < 4.78 is 5.32. The highest BCUT2D eigenvalue weighted by Gasteiger charge is 2.19. The van der Waals surface area contributed by atoms with Crippen LogP contribution in [0.4, 0.5) is 0 Å². The Hall–Kier alpha value is -0.710. The van der Waals surface area contributed by atoms with Gasteiger partial charge in [-0.25, -0.2) is 0 Å². The van der Waals surface area contributed by atoms with Gasteiger partial charge in [0.1, 0.15) is 5.75 Å². The fourth-order valence-electron chi connectivity index (χ4n) is 2.42. The number of nitrogens with one attached hydrogen (secondary N) is 1. The molecule has 1 heterocycles. The van der Waals surface area contributed by atoms with Crippen LogP contribution in [-0.2, 0) is 0 Å². The molecule has 1 aliphatic heterocycles. The first-order valence-electron chi connectivity index (χ1n) is 6.82. The predicted molar refractivity (Wildman–Crippen MR) is 83.2 cm³/mol. The second-order valence-electron chi connectivity index (χ2n) is 5.22. The zero-order chi connectivity index (χ0) is 13.7. The van der Waals surface area contributed by atoms with Gasteiger partial charge in [-0.05, 0) is 44.0 Å². The molecule has 0 aliphatic carbocycles. The standard InChI is InChI=1S/C15H24N2OS/c1-17(2)15(10-16-13-7-8-19-11-13)12-5-4-6-14(9-12)18-3/h4-6,9,13,15-16H,7-8,10-11H2,1-3H3. The molecule has 3 nitrogen and oxygen atoms in total. The van der Waals surface area contributed by atoms with Gasteiger partial charge >= 0.3 is 0 Å². The molecule has 1 aliphatic rings. The average Bonchev–Trinajstić information content (AvgIpc) is 2.92. The van der Waals surface area contributed by atoms with E-state index in [0.717, 1.165) is 12.3 Å². The molecule has 0 radical (unpaired) electrons. The molecule has 2 atom stereocenters. The van der Waals surface area contributed by atoms with Crippen molar-refractivity contribution in [3.8, 4) is 5.75 Å². The third-order valence-electron chi connectivity index (χ3n) is 3.63. The Labute approximate surface area is 120 Å². The average molecular weight is 280 g/mol. The Morgan fingerprint density at radius 2 is 2.32 bits per heavy atom. The van der Waals surface area contributed by atoms with E-state index in [0.29, 0.717) is 12.1 Å². The minimum atomic E-state index is 0.390. The van der Waals surface area contributed by atoms with E-state index in [1.807, 2.05) is 17.8 Å². The van der Waals surface area contributed by atoms with Crippen LogP contribution in [0.1, 0.15) is 18.0 Å². The van der Waals surface area contributed by atoms with Crippen molar-refractivity contribution >= 4 is 11.8 Å². The SMILES string of the molecule is COc1cccc(C(CNC2CCSC2)N(C)C)c1. The van der Waals surface area contributed by atoms with Crippen LogP contribution in [0.2, 0.25) is 0 Å². The maximum atomic E-state index is 5.32. The van der Waals surface area contributed by atoms with E-state index in [1.165, 1.54) is 23.5 Å². The van der Waals surface area contributed by atoms with Crippen molar-refractivity contribution < 1.29 is 4.74 Å². The molecule has 0 spiro atoms. The third kappa shape index (κ3) is 4.13. The topological polar surface area (TPSA) is 24.5 Å². The molecule has 106 valence electrons. The normalized spacial score (nSPS) is 20.7. The number of hydrogen-bond acceptors (Lipinski definition) is 4. The van der Waals surface area contributed by atoms with Crippen LogP contribution >= 0.6 is 11.8 Å². The fraction of sp³-hybridized carbons (Fsp3) is 0.600. The van der Waals surface area contributed by atoms with Crippen LogP contribution in [0.5, 0.6) is 5.75 Å². The summed E-state index contributed by atoms with van der Waals surface area (Å²) in [6.45, 7) is 0.991. The summed E-state index contributed by atoms with van der Waals surface area (Å²) in [5.74, 6) is 3.47. The molecule has 19 heavy (non-hydrogen) atoms. The summed E-state index contributed by atoms with van der Waals surface area (Å²) in [4.78, 5) is 2.27. The summed E-state index contributed by atoms with van der Waals surface area (Å²) in [7, 11) is 5.99. The van der Waals surface area contributed by atoms with E-state index in [1.54, 1.807) is 7.11 Å². The highest BCUT2D eigenvalue weighted by molar-refractivity contribution is 7.99. The monoisotopic (exact) mass is 280 g/mol. The van der Waals surface area contributed by atoms with Crippen molar-refractivity contribution in [3.05, 3.63) is 29.8 Å². The van der Waals surface area contributed by atoms with E-state index < -0.39 is 0 Å². The Bertz CT molecular complexity index is 391. The zero-order valence-electron chi connectivity index (χ0n) is 12.1. The van der Waals surface area contributed by atoms with Gasteiger partial charge in [0.2, 0.25) is 0 Å². The molecule has 0 aromatic heterocycles. The lowest BCUT2D eigenvalue weighted by Gasteiger charge is -2.27. The highest BCUT2D eigenvalue weighted by atomic mass is 32.2. The van der Waals surface area contributed by atoms with E-state index in [-0.39, 0.29) is 0 Å². The van der Waals surface area contributed by atoms with Crippen molar-refractivity contribution in [2.75, 3.05) is 39.3 Å². The molecular weight excluding hydrogens is 256 g/mol. The van der Waals surface area contributed by atoms with Crippen LogP contribution in [0.3, 0.4) is 0 Å². The molecular formula is C15H24N2OS. The molecule has 1 saturated heterocycles. The minimum absolute atomic E-state index is 0.390. The molecule has 1 N–H and O–H groups in total. The highest BCUT2D eigenvalue weighted by Crippen LogP contribution is 2.23. The number of nitrogens with zero attached hydrogens (tertiary/aromatic N) is 1. The van der Waals surface area contributed by atoms with Gasteiger partial charge < -0.3 is 15.0 Å². The van der Waals surface area contributed by atoms with E-state index >= 15 is 0 Å². The second-order valence-corrected chi connectivity index (χ2v) is 6.37. The predicted octanol–water partition coefficient (Wildman–Crippen LogP) is 2.39. The number of methoxy groups -OCH3 is 1. The van der Waals surface area contributed by atoms with Gasteiger partial charge in [-0.2, -0.15) is 11.8 Å². The maximum absolute atomic E-state index is 5.32. The number of thioether (sulfide) groups is 1. The lowest BCUT2D eigenvalue weighted by atomic mass is 10.1. The number of ether oxygens (including phenoxy) is 1. The van der Waals surface area contributed by atoms with Crippen molar-refractivity contribution in [1.82, 2.24) is 10.2 Å². The van der Waals surface area contributed by atoms with Crippen LogP contribution in [-0.4, -0.2) is 50.2 Å². The zero-order valence-corrected chi connectivity index (χ0v) is 12.9. The molecule has 1 aromatic carbocycles. The second kappa shape index (κ2) is 7.17. The molecule has 1 fully saturated rings. The van der Waals surface area contributed by atoms with Crippen LogP contribution in [0.25, 0.3) is 0 Å². The van der Waals surface area contributed by atoms with E-state index in [9.17, 15) is 0 Å². The van der Waals surface area contributed by atoms with Crippen LogP contribution in [0, 0.1) is 0 Å². The Balaban J connectivity index is 2.01. The number of rotatable bonds is 6. The Kier molecular flexibility index (Phi) is 5.55. The molecule has 1 aromatic rings. The fourth-order valence-corrected chi connectivity index (χ4v) is 3.61. The van der Waals surface area contributed by atoms with Crippen molar-refractivity contribution in [3.63, 3.8) is 0 Å². The Morgan fingerprint density at radius 3 is 2.95 bits per heavy atom. The number of likely N-dealkylation sites (N-methyl/N-ethyl adjacent to an activating group) is 1. The van der Waals surface area contributed by atoms with Gasteiger partial charge in [-0.15, -0.1) is 0 Å². The largest absolute Gasteiger partial charge is 0.497 e. The summed E-state index contributed by atoms with van der Waals surface area (Å²) in [5, 5.41) is 3.70. The van der Waals surface area contributed by atoms with E-state index in [4.69, 9.17) is 4.74 Å². The van der Waals surface area contributed by atoms with Gasteiger partial charge in [-0.3, -0.25) is 0 Å². The number of benzene rings is 1. The van der Waals surface area contributed by atoms with Crippen molar-refractivity contribution in [2.24, 2.45) is 0 Å². The smallest absolute Gasteiger partial charge is 0.119 e. The van der Waals surface area contributed by atoms with Gasteiger partial charge in [0, 0.05) is 24.4 Å². The summed E-state index contributed by atoms with van der Waals surface area (Å²) >= 11 is 2.05. The first-order valence-corrected chi connectivity index (χ1v) is 7.97. The summed E-state index contributed by atoms with van der Waals surface area (Å²) in [5.41, 5.74) is 1.31. The third-order valence-corrected chi connectivity index (χ3v) is 4.79. The first-order chi connectivity index (χ1) is 9.20. The van der Waals surface area contributed by atoms with Crippen LogP contribution < -0.4 is 10.1 Å². The molecule has 0 amide bonds. The lowest BCUT2D eigenvalue weighted by Crippen LogP contribution is -2.37. The Morgan fingerprint density at radius 1 is 1.47 bits per heavy atom. The summed E-state index contributed by atoms with van der Waals surface area (Å²) in [6.07, 6.45) is 1.29. The lowest BCUT2D eigenvalue weighted by molar-refractivity contribution is 0.281. The summed E-state index contributed by atoms with van der Waals surface area (Å²) in [6, 6.07) is 9.44. The number of hydrogen-bond donors (Lipinski definition) is 1. The van der Waals surface area contributed by atoms with Gasteiger partial charge in [-0.1, -0.05) is 12.1 Å². The van der Waals surface area contributed by atoms with Gasteiger partial charge in [0.05, 0.1) is 7.11 Å². The van der Waals surface area contributed by atoms with Gasteiger partial charge in [0.15, 0.2) is 0 Å². The molecule has 2 rings (SSSR count). The minimum Gasteiger partial charge on any atom is -0.497 e. The maximum Gasteiger partial charge on any atom is 0.119 e. The molecule has 0 bridgehead atoms. The van der Waals surface area contributed by atoms with E-state index in [2.05, 4.69) is 42.5 Å². The first kappa shape index (κ1) is 14.7. The van der Waals surface area contributed by atoms with Crippen molar-refractivity contribution in [1.29, 1.82) is 0 Å². The van der Waals surface area contributed by atoms with Crippen molar-refractivity contribution in [2.45, 2.75) is 18.5 Å². The quantitative estimate of drug-likeness (QED) is 0.865. The molecule has 0 saturated carbocycles. The van der Waals surface area contributed by atoms with Crippen LogP contribution in [0.15, 0.2) is 24.3 Å².